The van der Waals surface area contributed by atoms with Gasteiger partial charge >= 0.3 is 0 Å². The third kappa shape index (κ3) is 4.80. The van der Waals surface area contributed by atoms with Crippen molar-refractivity contribution < 1.29 is 4.79 Å². The number of aromatic nitrogens is 3. The molecule has 3 rings (SSSR count). The highest BCUT2D eigenvalue weighted by molar-refractivity contribution is 7.12. The fourth-order valence-electron chi connectivity index (χ4n) is 3.05. The van der Waals surface area contributed by atoms with Gasteiger partial charge in [-0.1, -0.05) is 37.6 Å². The second kappa shape index (κ2) is 8.88. The summed E-state index contributed by atoms with van der Waals surface area (Å²) in [6, 6.07) is 7.19. The van der Waals surface area contributed by atoms with Gasteiger partial charge in [0.2, 0.25) is 11.0 Å². The van der Waals surface area contributed by atoms with Crippen LogP contribution in [0.4, 0.5) is 5.69 Å². The van der Waals surface area contributed by atoms with Crippen LogP contribution in [0.15, 0.2) is 29.6 Å². The average Bonchev–Trinajstić information content (AvgIpc) is 3.19. The molecule has 0 saturated carbocycles. The van der Waals surface area contributed by atoms with Gasteiger partial charge in [-0.15, -0.1) is 11.3 Å². The van der Waals surface area contributed by atoms with Crippen molar-refractivity contribution in [3.8, 4) is 5.13 Å². The Bertz CT molecular complexity index is 977. The number of carbonyl (C=O) groups excluding carboxylic acids is 1. The van der Waals surface area contributed by atoms with Gasteiger partial charge in [-0.05, 0) is 50.3 Å². The standard InChI is InChI=1S/C21H25ClN4OS/c1-13(2)9-10-17-14(3)25-26(15(17)4)21-23-16(12-28-21)11-20(27)24-19-8-6-5-7-18(19)22/h5-8,12-13H,9-11H2,1-4H3,(H,24,27). The first-order valence-electron chi connectivity index (χ1n) is 9.39. The molecule has 1 aromatic carbocycles. The second-order valence-corrected chi connectivity index (χ2v) is 8.56. The highest BCUT2D eigenvalue weighted by atomic mass is 35.5. The van der Waals surface area contributed by atoms with Crippen LogP contribution in [-0.4, -0.2) is 20.7 Å². The summed E-state index contributed by atoms with van der Waals surface area (Å²) < 4.78 is 1.89. The van der Waals surface area contributed by atoms with E-state index in [0.29, 0.717) is 16.6 Å². The van der Waals surface area contributed by atoms with E-state index in [-0.39, 0.29) is 12.3 Å². The minimum Gasteiger partial charge on any atom is -0.324 e. The van der Waals surface area contributed by atoms with Crippen molar-refractivity contribution in [2.24, 2.45) is 5.92 Å². The van der Waals surface area contributed by atoms with Crippen LogP contribution < -0.4 is 5.32 Å². The number of carbonyl (C=O) groups is 1. The molecule has 2 aromatic heterocycles. The maximum atomic E-state index is 12.3. The number of rotatable bonds is 7. The van der Waals surface area contributed by atoms with Crippen molar-refractivity contribution in [2.45, 2.75) is 47.0 Å². The van der Waals surface area contributed by atoms with E-state index in [9.17, 15) is 4.79 Å². The first-order valence-corrected chi connectivity index (χ1v) is 10.6. The summed E-state index contributed by atoms with van der Waals surface area (Å²) in [5.74, 6) is 0.515. The van der Waals surface area contributed by atoms with Crippen molar-refractivity contribution in [2.75, 3.05) is 5.32 Å². The van der Waals surface area contributed by atoms with Crippen LogP contribution in [-0.2, 0) is 17.6 Å². The SMILES string of the molecule is Cc1nn(-c2nc(CC(=O)Nc3ccccc3Cl)cs2)c(C)c1CCC(C)C. The van der Waals surface area contributed by atoms with Crippen molar-refractivity contribution >= 4 is 34.5 Å². The van der Waals surface area contributed by atoms with Crippen molar-refractivity contribution in [3.05, 3.63) is 57.3 Å². The molecule has 0 aliphatic rings. The molecule has 7 heteroatoms. The molecule has 0 atom stereocenters. The van der Waals surface area contributed by atoms with E-state index >= 15 is 0 Å². The molecule has 148 valence electrons. The molecular weight excluding hydrogens is 392 g/mol. The molecule has 2 heterocycles. The van der Waals surface area contributed by atoms with E-state index in [1.54, 1.807) is 12.1 Å². The minimum absolute atomic E-state index is 0.143. The molecule has 0 aliphatic carbocycles. The first-order chi connectivity index (χ1) is 13.3. The Hall–Kier alpha value is -2.18. The first kappa shape index (κ1) is 20.6. The van der Waals surface area contributed by atoms with E-state index in [4.69, 9.17) is 11.6 Å². The van der Waals surface area contributed by atoms with Gasteiger partial charge in [0.15, 0.2) is 0 Å². The lowest BCUT2D eigenvalue weighted by Gasteiger charge is -2.06. The zero-order valence-electron chi connectivity index (χ0n) is 16.6. The van der Waals surface area contributed by atoms with Gasteiger partial charge in [0.05, 0.1) is 28.5 Å². The molecule has 0 radical (unpaired) electrons. The highest BCUT2D eigenvalue weighted by Crippen LogP contribution is 2.24. The van der Waals surface area contributed by atoms with Crippen LogP contribution in [0.2, 0.25) is 5.02 Å². The minimum atomic E-state index is -0.143. The number of aryl methyl sites for hydroxylation is 1. The number of anilines is 1. The Labute approximate surface area is 174 Å². The number of nitrogens with one attached hydrogen (secondary N) is 1. The summed E-state index contributed by atoms with van der Waals surface area (Å²) in [6.45, 7) is 8.59. The Morgan fingerprint density at radius 1 is 1.29 bits per heavy atom. The van der Waals surface area contributed by atoms with Crippen LogP contribution in [0.25, 0.3) is 5.13 Å². The molecule has 0 unspecified atom stereocenters. The lowest BCUT2D eigenvalue weighted by Crippen LogP contribution is -2.15. The quantitative estimate of drug-likeness (QED) is 0.563. The molecule has 0 saturated heterocycles. The Morgan fingerprint density at radius 3 is 2.75 bits per heavy atom. The lowest BCUT2D eigenvalue weighted by atomic mass is 10.0. The summed E-state index contributed by atoms with van der Waals surface area (Å²) >= 11 is 7.59. The maximum Gasteiger partial charge on any atom is 0.230 e. The third-order valence-electron chi connectivity index (χ3n) is 4.62. The predicted molar refractivity (Wildman–Crippen MR) is 116 cm³/mol. The molecule has 0 fully saturated rings. The number of benzene rings is 1. The van der Waals surface area contributed by atoms with E-state index in [0.717, 1.165) is 35.1 Å². The van der Waals surface area contributed by atoms with Gasteiger partial charge in [0, 0.05) is 11.1 Å². The van der Waals surface area contributed by atoms with Crippen LogP contribution in [0.1, 0.15) is 42.9 Å². The van der Waals surface area contributed by atoms with E-state index in [2.05, 4.69) is 36.2 Å². The summed E-state index contributed by atoms with van der Waals surface area (Å²) in [5, 5.41) is 10.7. The Balaban J connectivity index is 1.71. The van der Waals surface area contributed by atoms with Gasteiger partial charge in [-0.25, -0.2) is 9.67 Å². The van der Waals surface area contributed by atoms with Gasteiger partial charge < -0.3 is 5.32 Å². The fourth-order valence-corrected chi connectivity index (χ4v) is 4.06. The van der Waals surface area contributed by atoms with Crippen molar-refractivity contribution in [1.82, 2.24) is 14.8 Å². The van der Waals surface area contributed by atoms with Crippen LogP contribution >= 0.6 is 22.9 Å². The number of thiazole rings is 1. The molecule has 5 nitrogen and oxygen atoms in total. The number of nitrogens with zero attached hydrogens (tertiary/aromatic N) is 3. The smallest absolute Gasteiger partial charge is 0.230 e. The monoisotopic (exact) mass is 416 g/mol. The van der Waals surface area contributed by atoms with E-state index in [1.807, 2.05) is 29.1 Å². The van der Waals surface area contributed by atoms with Crippen LogP contribution in [0.5, 0.6) is 0 Å². The predicted octanol–water partition coefficient (Wildman–Crippen LogP) is 5.37. The van der Waals surface area contributed by atoms with Crippen LogP contribution in [0.3, 0.4) is 0 Å². The molecule has 3 aromatic rings. The number of hydrogen-bond donors (Lipinski definition) is 1. The second-order valence-electron chi connectivity index (χ2n) is 7.32. The lowest BCUT2D eigenvalue weighted by molar-refractivity contribution is -0.115. The summed E-state index contributed by atoms with van der Waals surface area (Å²) in [6.07, 6.45) is 2.35. The zero-order chi connectivity index (χ0) is 20.3. The molecular formula is C21H25ClN4OS. The Morgan fingerprint density at radius 2 is 2.04 bits per heavy atom. The molecule has 0 aliphatic heterocycles. The molecule has 28 heavy (non-hydrogen) atoms. The zero-order valence-corrected chi connectivity index (χ0v) is 18.2. The van der Waals surface area contributed by atoms with Crippen LogP contribution in [0, 0.1) is 19.8 Å². The van der Waals surface area contributed by atoms with Gasteiger partial charge in [0.25, 0.3) is 0 Å². The summed E-state index contributed by atoms with van der Waals surface area (Å²) in [7, 11) is 0. The number of hydrogen-bond acceptors (Lipinski definition) is 4. The van der Waals surface area contributed by atoms with Gasteiger partial charge in [0.1, 0.15) is 0 Å². The normalized spacial score (nSPS) is 11.2. The van der Waals surface area contributed by atoms with E-state index in [1.165, 1.54) is 16.9 Å². The third-order valence-corrected chi connectivity index (χ3v) is 5.82. The highest BCUT2D eigenvalue weighted by Gasteiger charge is 2.16. The molecule has 1 N–H and O–H groups in total. The molecule has 0 spiro atoms. The maximum absolute atomic E-state index is 12.3. The topological polar surface area (TPSA) is 59.8 Å². The Kier molecular flexibility index (Phi) is 6.52. The van der Waals surface area contributed by atoms with Gasteiger partial charge in [-0.3, -0.25) is 4.79 Å². The van der Waals surface area contributed by atoms with E-state index < -0.39 is 0 Å². The number of halogens is 1. The summed E-state index contributed by atoms with van der Waals surface area (Å²) in [4.78, 5) is 16.9. The van der Waals surface area contributed by atoms with Crippen molar-refractivity contribution in [3.63, 3.8) is 0 Å². The number of para-hydroxylation sites is 1. The number of amides is 1. The largest absolute Gasteiger partial charge is 0.324 e. The fraction of sp³-hybridized carbons (Fsp3) is 0.381. The van der Waals surface area contributed by atoms with Gasteiger partial charge in [-0.2, -0.15) is 5.10 Å². The molecule has 1 amide bonds. The van der Waals surface area contributed by atoms with Crippen molar-refractivity contribution in [1.29, 1.82) is 0 Å². The summed E-state index contributed by atoms with van der Waals surface area (Å²) in [5.41, 5.74) is 4.80. The molecule has 0 bridgehead atoms. The average molecular weight is 417 g/mol.